The Kier molecular flexibility index (Phi) is 7.14. The van der Waals surface area contributed by atoms with E-state index in [-0.39, 0.29) is 23.5 Å². The van der Waals surface area contributed by atoms with Crippen molar-refractivity contribution in [2.45, 2.75) is 41.2 Å². The van der Waals surface area contributed by atoms with Crippen LogP contribution in [0.15, 0.2) is 62.3 Å². The highest BCUT2D eigenvalue weighted by molar-refractivity contribution is 5.63. The average molecular weight is 501 g/mol. The van der Waals surface area contributed by atoms with Crippen LogP contribution >= 0.6 is 0 Å². The molecule has 0 amide bonds. The number of nitrogens with zero attached hydrogens (tertiary/aromatic N) is 5. The number of azo groups is 1. The number of pyridine rings is 1. The molecule has 4 aromatic rings. The van der Waals surface area contributed by atoms with Crippen LogP contribution in [-0.2, 0) is 6.54 Å². The van der Waals surface area contributed by atoms with Crippen LogP contribution < -0.4 is 21.9 Å². The summed E-state index contributed by atoms with van der Waals surface area (Å²) in [5.41, 5.74) is 4.09. The standard InChI is InChI=1S/C26H28N8O3/c1-6-34-22(35)17(5)16(4)21(23(34)36)33-32-20-13-19(11-10-15(20)3)28-25-29-24(30-26(37)31-25)27-18-9-7-8-14(2)12-18/h7-13,35H,6H2,1-5H3,(H3,27,28,29,30,31,37). The first-order chi connectivity index (χ1) is 17.7. The number of H-pyrrole nitrogens is 1. The van der Waals surface area contributed by atoms with Gasteiger partial charge in [0.1, 0.15) is 0 Å². The Bertz CT molecular complexity index is 1620. The Morgan fingerprint density at radius 2 is 1.70 bits per heavy atom. The second-order valence-corrected chi connectivity index (χ2v) is 8.62. The molecule has 0 saturated carbocycles. The fraction of sp³-hybridized carbons (Fsp3) is 0.231. The lowest BCUT2D eigenvalue weighted by Gasteiger charge is -2.12. The van der Waals surface area contributed by atoms with Crippen LogP contribution in [0.2, 0.25) is 0 Å². The molecule has 2 aromatic carbocycles. The summed E-state index contributed by atoms with van der Waals surface area (Å²) < 4.78 is 1.26. The van der Waals surface area contributed by atoms with Gasteiger partial charge >= 0.3 is 5.69 Å². The summed E-state index contributed by atoms with van der Waals surface area (Å²) in [4.78, 5) is 35.8. The second kappa shape index (κ2) is 10.4. The van der Waals surface area contributed by atoms with Crippen LogP contribution in [0.1, 0.15) is 29.2 Å². The summed E-state index contributed by atoms with van der Waals surface area (Å²) in [6, 6.07) is 13.0. The summed E-state index contributed by atoms with van der Waals surface area (Å²) in [6.07, 6.45) is 0. The second-order valence-electron chi connectivity index (χ2n) is 8.62. The Morgan fingerprint density at radius 3 is 2.43 bits per heavy atom. The summed E-state index contributed by atoms with van der Waals surface area (Å²) >= 11 is 0. The van der Waals surface area contributed by atoms with Crippen molar-refractivity contribution in [2.75, 3.05) is 10.6 Å². The van der Waals surface area contributed by atoms with E-state index in [2.05, 4.69) is 35.8 Å². The van der Waals surface area contributed by atoms with E-state index in [4.69, 9.17) is 0 Å². The van der Waals surface area contributed by atoms with E-state index >= 15 is 0 Å². The topological polar surface area (TPSA) is 150 Å². The molecule has 0 aliphatic rings. The Hall–Kier alpha value is -4.80. The lowest BCUT2D eigenvalue weighted by atomic mass is 10.1. The van der Waals surface area contributed by atoms with Gasteiger partial charge in [-0.05, 0) is 75.6 Å². The smallest absolute Gasteiger partial charge is 0.351 e. The number of aromatic hydroxyl groups is 1. The number of aromatic nitrogens is 4. The van der Waals surface area contributed by atoms with Gasteiger partial charge in [0.15, 0.2) is 11.6 Å². The van der Waals surface area contributed by atoms with E-state index in [1.165, 1.54) is 4.57 Å². The lowest BCUT2D eigenvalue weighted by molar-refractivity contribution is 0.406. The third kappa shape index (κ3) is 5.56. The van der Waals surface area contributed by atoms with Gasteiger partial charge in [-0.3, -0.25) is 14.3 Å². The Balaban J connectivity index is 1.62. The minimum absolute atomic E-state index is 0.0690. The maximum absolute atomic E-state index is 12.8. The molecule has 190 valence electrons. The van der Waals surface area contributed by atoms with Crippen molar-refractivity contribution >= 4 is 34.6 Å². The van der Waals surface area contributed by atoms with Crippen LogP contribution in [0.25, 0.3) is 0 Å². The van der Waals surface area contributed by atoms with Crippen molar-refractivity contribution in [3.8, 4) is 5.88 Å². The van der Waals surface area contributed by atoms with Gasteiger partial charge in [0.05, 0.1) is 5.69 Å². The summed E-state index contributed by atoms with van der Waals surface area (Å²) in [6.45, 7) is 9.37. The van der Waals surface area contributed by atoms with Crippen molar-refractivity contribution in [1.82, 2.24) is 19.5 Å². The molecule has 11 nitrogen and oxygen atoms in total. The summed E-state index contributed by atoms with van der Waals surface area (Å²) in [5.74, 6) is 0.271. The zero-order valence-electron chi connectivity index (χ0n) is 21.2. The number of nitrogens with one attached hydrogen (secondary N) is 3. The van der Waals surface area contributed by atoms with Crippen LogP contribution in [0.4, 0.5) is 34.6 Å². The van der Waals surface area contributed by atoms with Gasteiger partial charge < -0.3 is 15.7 Å². The Labute approximate surface area is 213 Å². The van der Waals surface area contributed by atoms with E-state index in [0.717, 1.165) is 16.8 Å². The van der Waals surface area contributed by atoms with E-state index in [1.54, 1.807) is 32.9 Å². The van der Waals surface area contributed by atoms with Gasteiger partial charge in [0.2, 0.25) is 11.9 Å². The van der Waals surface area contributed by atoms with Gasteiger partial charge in [-0.15, -0.1) is 5.11 Å². The normalized spacial score (nSPS) is 11.2. The number of benzene rings is 2. The zero-order chi connectivity index (χ0) is 26.7. The molecule has 4 rings (SSSR count). The van der Waals surface area contributed by atoms with E-state index < -0.39 is 11.2 Å². The molecule has 0 atom stereocenters. The third-order valence-electron chi connectivity index (χ3n) is 5.93. The van der Waals surface area contributed by atoms with Gasteiger partial charge in [-0.1, -0.05) is 18.2 Å². The van der Waals surface area contributed by atoms with Gasteiger partial charge in [0, 0.05) is 23.5 Å². The maximum Gasteiger partial charge on any atom is 0.351 e. The highest BCUT2D eigenvalue weighted by Gasteiger charge is 2.15. The first-order valence-corrected chi connectivity index (χ1v) is 11.7. The molecule has 0 unspecified atom stereocenters. The highest BCUT2D eigenvalue weighted by atomic mass is 16.3. The van der Waals surface area contributed by atoms with E-state index in [1.807, 2.05) is 44.2 Å². The van der Waals surface area contributed by atoms with Crippen molar-refractivity contribution in [3.05, 3.63) is 85.6 Å². The molecule has 0 spiro atoms. The van der Waals surface area contributed by atoms with Gasteiger partial charge in [-0.25, -0.2) is 4.79 Å². The van der Waals surface area contributed by atoms with Crippen LogP contribution in [0.3, 0.4) is 0 Å². The van der Waals surface area contributed by atoms with Crippen molar-refractivity contribution < 1.29 is 5.11 Å². The first-order valence-electron chi connectivity index (χ1n) is 11.7. The minimum atomic E-state index is -0.565. The average Bonchev–Trinajstić information content (AvgIpc) is 2.84. The molecule has 0 bridgehead atoms. The monoisotopic (exact) mass is 500 g/mol. The van der Waals surface area contributed by atoms with Gasteiger partial charge in [-0.2, -0.15) is 15.1 Å². The maximum atomic E-state index is 12.8. The van der Waals surface area contributed by atoms with Crippen molar-refractivity contribution in [3.63, 3.8) is 0 Å². The number of rotatable bonds is 7. The number of hydrogen-bond acceptors (Lipinski definition) is 9. The summed E-state index contributed by atoms with van der Waals surface area (Å²) in [5, 5.41) is 24.9. The zero-order valence-corrected chi connectivity index (χ0v) is 21.2. The molecule has 2 aromatic heterocycles. The number of aryl methyl sites for hydroxylation is 2. The molecule has 4 N–H and O–H groups in total. The SMILES string of the molecule is CCn1c(O)c(C)c(C)c(N=Nc2cc(Nc3nc(Nc4cccc(C)c4)[nH]c(=O)n3)ccc2C)c1=O. The molecule has 0 radical (unpaired) electrons. The van der Waals surface area contributed by atoms with Crippen LogP contribution in [0, 0.1) is 27.7 Å². The fourth-order valence-electron chi connectivity index (χ4n) is 3.73. The quantitative estimate of drug-likeness (QED) is 0.255. The number of anilines is 4. The van der Waals surface area contributed by atoms with Crippen molar-refractivity contribution in [1.29, 1.82) is 0 Å². The van der Waals surface area contributed by atoms with Crippen LogP contribution in [-0.4, -0.2) is 24.6 Å². The highest BCUT2D eigenvalue weighted by Crippen LogP contribution is 2.29. The van der Waals surface area contributed by atoms with Crippen LogP contribution in [0.5, 0.6) is 5.88 Å². The number of aromatic amines is 1. The molecule has 0 fully saturated rings. The molecule has 0 saturated heterocycles. The fourth-order valence-corrected chi connectivity index (χ4v) is 3.73. The predicted molar refractivity (Wildman–Crippen MR) is 143 cm³/mol. The molecular weight excluding hydrogens is 472 g/mol. The molecule has 37 heavy (non-hydrogen) atoms. The summed E-state index contributed by atoms with van der Waals surface area (Å²) in [7, 11) is 0. The largest absolute Gasteiger partial charge is 0.494 e. The first kappa shape index (κ1) is 25.3. The molecule has 0 aliphatic carbocycles. The van der Waals surface area contributed by atoms with E-state index in [9.17, 15) is 14.7 Å². The molecule has 0 aliphatic heterocycles. The third-order valence-corrected chi connectivity index (χ3v) is 5.93. The lowest BCUT2D eigenvalue weighted by Crippen LogP contribution is -2.20. The number of hydrogen-bond donors (Lipinski definition) is 4. The minimum Gasteiger partial charge on any atom is -0.494 e. The molecule has 11 heteroatoms. The van der Waals surface area contributed by atoms with Crippen molar-refractivity contribution in [2.24, 2.45) is 10.2 Å². The Morgan fingerprint density at radius 1 is 0.946 bits per heavy atom. The predicted octanol–water partition coefficient (Wildman–Crippen LogP) is 5.19. The van der Waals surface area contributed by atoms with Gasteiger partial charge in [0.25, 0.3) is 5.56 Å². The van der Waals surface area contributed by atoms with E-state index in [0.29, 0.717) is 29.0 Å². The molecule has 2 heterocycles. The molecular formula is C26H28N8O3.